The van der Waals surface area contributed by atoms with Gasteiger partial charge in [-0.2, -0.15) is 0 Å². The first kappa shape index (κ1) is 20.3. The number of urea groups is 1. The van der Waals surface area contributed by atoms with Crippen molar-refractivity contribution in [2.45, 2.75) is 57.1 Å². The van der Waals surface area contributed by atoms with E-state index in [2.05, 4.69) is 45.9 Å². The smallest absolute Gasteiger partial charge is 0.314 e. The Morgan fingerprint density at radius 2 is 1.84 bits per heavy atom. The van der Waals surface area contributed by atoms with Gasteiger partial charge in [0.1, 0.15) is 5.75 Å². The van der Waals surface area contributed by atoms with E-state index in [1.54, 1.807) is 7.05 Å². The van der Waals surface area contributed by atoms with E-state index in [0.29, 0.717) is 13.2 Å². The molecule has 2 aliphatic heterocycles. The third-order valence-electron chi connectivity index (χ3n) is 6.97. The molecule has 0 radical (unpaired) electrons. The molecule has 0 atom stereocenters. The first-order chi connectivity index (χ1) is 15.1. The summed E-state index contributed by atoms with van der Waals surface area (Å²) >= 11 is 0. The van der Waals surface area contributed by atoms with Gasteiger partial charge in [0.25, 0.3) is 0 Å². The van der Waals surface area contributed by atoms with E-state index in [1.165, 1.54) is 19.3 Å². The average molecular weight is 422 g/mol. The van der Waals surface area contributed by atoms with Gasteiger partial charge in [-0.3, -0.25) is 4.90 Å². The van der Waals surface area contributed by atoms with Gasteiger partial charge in [0.2, 0.25) is 5.79 Å². The zero-order valence-corrected chi connectivity index (χ0v) is 18.2. The Bertz CT molecular complexity index is 932. The number of carbonyl (C=O) groups is 1. The molecule has 3 aliphatic rings. The number of benzene rings is 2. The van der Waals surface area contributed by atoms with Crippen LogP contribution in [0.25, 0.3) is 11.1 Å². The number of nitrogens with zero attached hydrogens (tertiary/aromatic N) is 1. The largest absolute Gasteiger partial charge is 0.462 e. The minimum atomic E-state index is -0.450. The molecule has 164 valence electrons. The van der Waals surface area contributed by atoms with Crippen LogP contribution in [0.15, 0.2) is 42.5 Å². The summed E-state index contributed by atoms with van der Waals surface area (Å²) < 4.78 is 12.7. The first-order valence-electron chi connectivity index (χ1n) is 11.4. The number of hydrogen-bond donors (Lipinski definition) is 2. The first-order valence-corrected chi connectivity index (χ1v) is 11.4. The summed E-state index contributed by atoms with van der Waals surface area (Å²) in [6.45, 7) is 3.24. The number of carbonyl (C=O) groups excluding carboxylic acids is 1. The summed E-state index contributed by atoms with van der Waals surface area (Å²) in [6.07, 6.45) is 5.97. The maximum Gasteiger partial charge on any atom is 0.314 e. The Balaban J connectivity index is 1.23. The molecule has 6 heteroatoms. The van der Waals surface area contributed by atoms with E-state index in [9.17, 15) is 4.79 Å². The van der Waals surface area contributed by atoms with Gasteiger partial charge in [-0.25, -0.2) is 4.79 Å². The van der Waals surface area contributed by atoms with Crippen molar-refractivity contribution in [2.24, 2.45) is 0 Å². The summed E-state index contributed by atoms with van der Waals surface area (Å²) in [6, 6.07) is 15.3. The van der Waals surface area contributed by atoms with Gasteiger partial charge in [-0.05, 0) is 41.7 Å². The number of piperidine rings is 1. The second kappa shape index (κ2) is 8.52. The molecule has 1 spiro atoms. The monoisotopic (exact) mass is 421 g/mol. The maximum atomic E-state index is 11.3. The fourth-order valence-electron chi connectivity index (χ4n) is 4.72. The summed E-state index contributed by atoms with van der Waals surface area (Å²) in [7, 11) is 1.61. The Kier molecular flexibility index (Phi) is 5.59. The second-order valence-electron chi connectivity index (χ2n) is 8.87. The molecule has 0 bridgehead atoms. The molecule has 2 fully saturated rings. The minimum absolute atomic E-state index is 0.176. The highest BCUT2D eigenvalue weighted by Gasteiger charge is 2.42. The van der Waals surface area contributed by atoms with Crippen LogP contribution in [0.4, 0.5) is 4.79 Å². The minimum Gasteiger partial charge on any atom is -0.462 e. The Labute approximate surface area is 183 Å². The van der Waals surface area contributed by atoms with Crippen LogP contribution >= 0.6 is 0 Å². The van der Waals surface area contributed by atoms with Gasteiger partial charge in [0.05, 0.1) is 6.61 Å². The highest BCUT2D eigenvalue weighted by molar-refractivity contribution is 5.73. The van der Waals surface area contributed by atoms with Gasteiger partial charge in [-0.1, -0.05) is 36.8 Å². The fourth-order valence-corrected chi connectivity index (χ4v) is 4.72. The van der Waals surface area contributed by atoms with Crippen molar-refractivity contribution >= 4 is 6.03 Å². The van der Waals surface area contributed by atoms with Gasteiger partial charge in [0, 0.05) is 51.1 Å². The van der Waals surface area contributed by atoms with Gasteiger partial charge < -0.3 is 20.1 Å². The number of ether oxygens (including phenoxy) is 2. The van der Waals surface area contributed by atoms with E-state index in [-0.39, 0.29) is 6.03 Å². The van der Waals surface area contributed by atoms with Crippen LogP contribution in [-0.2, 0) is 17.9 Å². The molecule has 2 aromatic rings. The highest BCUT2D eigenvalue weighted by Crippen LogP contribution is 2.40. The van der Waals surface area contributed by atoms with Crippen LogP contribution in [0.3, 0.4) is 0 Å². The number of hydrogen-bond acceptors (Lipinski definition) is 4. The number of rotatable bonds is 4. The van der Waals surface area contributed by atoms with Crippen molar-refractivity contribution in [3.05, 3.63) is 53.6 Å². The van der Waals surface area contributed by atoms with E-state index in [4.69, 9.17) is 9.47 Å². The molecule has 6 nitrogen and oxygen atoms in total. The molecule has 1 aliphatic carbocycles. The van der Waals surface area contributed by atoms with E-state index in [1.807, 2.05) is 12.1 Å². The van der Waals surface area contributed by atoms with Crippen molar-refractivity contribution in [2.75, 3.05) is 20.1 Å². The molecule has 2 N–H and O–H groups in total. The van der Waals surface area contributed by atoms with E-state index in [0.717, 1.165) is 60.0 Å². The lowest BCUT2D eigenvalue weighted by Gasteiger charge is -2.47. The third-order valence-corrected chi connectivity index (χ3v) is 6.97. The molecule has 5 rings (SSSR count). The van der Waals surface area contributed by atoms with Crippen LogP contribution in [0.2, 0.25) is 0 Å². The van der Waals surface area contributed by atoms with Gasteiger partial charge in [0.15, 0.2) is 0 Å². The van der Waals surface area contributed by atoms with Crippen LogP contribution in [0, 0.1) is 0 Å². The molecule has 1 saturated carbocycles. The quantitative estimate of drug-likeness (QED) is 0.782. The SMILES string of the molecule is CNC(=O)NCc1ccc(-c2ccc3c(c2)COC2(CCN(C4CCC4)CC2)O3)cc1. The van der Waals surface area contributed by atoms with Gasteiger partial charge >= 0.3 is 6.03 Å². The molecular weight excluding hydrogens is 390 g/mol. The van der Waals surface area contributed by atoms with Crippen molar-refractivity contribution in [1.29, 1.82) is 0 Å². The molecule has 0 unspecified atom stereocenters. The Morgan fingerprint density at radius 1 is 1.10 bits per heavy atom. The number of likely N-dealkylation sites (tertiary alicyclic amines) is 1. The number of fused-ring (bicyclic) bond motifs is 1. The maximum absolute atomic E-state index is 11.3. The Hall–Kier alpha value is -2.57. The molecule has 31 heavy (non-hydrogen) atoms. The summed E-state index contributed by atoms with van der Waals surface area (Å²) in [5, 5.41) is 5.37. The zero-order valence-electron chi connectivity index (χ0n) is 18.2. The lowest BCUT2D eigenvalue weighted by molar-refractivity contribution is -0.231. The van der Waals surface area contributed by atoms with Crippen molar-refractivity contribution in [1.82, 2.24) is 15.5 Å². The van der Waals surface area contributed by atoms with Crippen molar-refractivity contribution < 1.29 is 14.3 Å². The lowest BCUT2D eigenvalue weighted by Crippen LogP contribution is -2.54. The van der Waals surface area contributed by atoms with Crippen molar-refractivity contribution in [3.8, 4) is 16.9 Å². The molecular formula is C25H31N3O3. The number of amides is 2. The molecule has 1 saturated heterocycles. The normalized spacial score (nSPS) is 20.4. The second-order valence-corrected chi connectivity index (χ2v) is 8.87. The lowest BCUT2D eigenvalue weighted by atomic mass is 9.89. The summed E-state index contributed by atoms with van der Waals surface area (Å²) in [4.78, 5) is 14.0. The predicted molar refractivity (Wildman–Crippen MR) is 120 cm³/mol. The highest BCUT2D eigenvalue weighted by atomic mass is 16.7. The molecule has 2 heterocycles. The third kappa shape index (κ3) is 4.27. The van der Waals surface area contributed by atoms with E-state index >= 15 is 0 Å². The topological polar surface area (TPSA) is 62.8 Å². The molecule has 2 aromatic carbocycles. The van der Waals surface area contributed by atoms with Crippen molar-refractivity contribution in [3.63, 3.8) is 0 Å². The molecule has 2 amide bonds. The van der Waals surface area contributed by atoms with Gasteiger partial charge in [-0.15, -0.1) is 0 Å². The summed E-state index contributed by atoms with van der Waals surface area (Å²) in [5.74, 6) is 0.507. The van der Waals surface area contributed by atoms with Crippen LogP contribution in [-0.4, -0.2) is 42.9 Å². The predicted octanol–water partition coefficient (Wildman–Crippen LogP) is 4.04. The fraction of sp³-hybridized carbons (Fsp3) is 0.480. The summed E-state index contributed by atoms with van der Waals surface area (Å²) in [5.41, 5.74) is 4.45. The van der Waals surface area contributed by atoms with E-state index < -0.39 is 5.79 Å². The standard InChI is InChI=1S/C25H31N3O3/c1-26-24(29)27-16-18-5-7-19(8-6-18)20-9-10-23-21(15-20)17-30-25(31-23)11-13-28(14-12-25)22-3-2-4-22/h5-10,15,22H,2-4,11-14,16-17H2,1H3,(H2,26,27,29). The van der Waals surface area contributed by atoms with Crippen LogP contribution in [0.5, 0.6) is 5.75 Å². The molecule has 0 aromatic heterocycles. The zero-order chi connectivity index (χ0) is 21.3. The Morgan fingerprint density at radius 3 is 2.52 bits per heavy atom. The average Bonchev–Trinajstić information content (AvgIpc) is 2.78. The van der Waals surface area contributed by atoms with Crippen LogP contribution in [0.1, 0.15) is 43.2 Å². The van der Waals surface area contributed by atoms with Crippen LogP contribution < -0.4 is 15.4 Å². The number of nitrogens with one attached hydrogen (secondary N) is 2.